The van der Waals surface area contributed by atoms with E-state index in [0.717, 1.165) is 19.9 Å². The molecule has 0 aliphatic carbocycles. The third-order valence-electron chi connectivity index (χ3n) is 2.63. The lowest BCUT2D eigenvalue weighted by molar-refractivity contribution is -0.384. The smallest absolute Gasteiger partial charge is 0.273 e. The molecule has 0 atom stereocenters. The fourth-order valence-electron chi connectivity index (χ4n) is 1.85. The van der Waals surface area contributed by atoms with Crippen LogP contribution in [0.15, 0.2) is 40.8 Å². The highest BCUT2D eigenvalue weighted by molar-refractivity contribution is 14.1. The summed E-state index contributed by atoms with van der Waals surface area (Å²) in [5.41, 5.74) is 1.35. The summed E-state index contributed by atoms with van der Waals surface area (Å²) in [5.74, 6) is 0. The molecule has 3 aromatic rings. The summed E-state index contributed by atoms with van der Waals surface area (Å²) in [4.78, 5) is 10.3. The average molecular weight is 339 g/mol. The first kappa shape index (κ1) is 10.5. The van der Waals surface area contributed by atoms with Crippen molar-refractivity contribution in [3.63, 3.8) is 0 Å². The molecule has 1 aromatic heterocycles. The Kier molecular flexibility index (Phi) is 2.29. The summed E-state index contributed by atoms with van der Waals surface area (Å²) in [5, 5.41) is 12.6. The number of furan rings is 1. The van der Waals surface area contributed by atoms with Crippen LogP contribution in [-0.2, 0) is 0 Å². The predicted molar refractivity (Wildman–Crippen MR) is 73.1 cm³/mol. The molecular formula is C12H6INO3. The topological polar surface area (TPSA) is 56.3 Å². The van der Waals surface area contributed by atoms with Crippen molar-refractivity contribution >= 4 is 50.2 Å². The number of nitro groups is 1. The van der Waals surface area contributed by atoms with Gasteiger partial charge < -0.3 is 4.42 Å². The van der Waals surface area contributed by atoms with E-state index in [-0.39, 0.29) is 5.69 Å². The van der Waals surface area contributed by atoms with Crippen molar-refractivity contribution < 1.29 is 9.34 Å². The summed E-state index contributed by atoms with van der Waals surface area (Å²) in [6.07, 6.45) is 0. The Bertz CT molecular complexity index is 748. The van der Waals surface area contributed by atoms with Crippen LogP contribution in [-0.4, -0.2) is 4.92 Å². The van der Waals surface area contributed by atoms with Crippen LogP contribution in [0.3, 0.4) is 0 Å². The molecule has 4 nitrogen and oxygen atoms in total. The number of hydrogen-bond acceptors (Lipinski definition) is 3. The molecule has 0 spiro atoms. The minimum absolute atomic E-state index is 0.0475. The number of nitrogens with zero attached hydrogens (tertiary/aromatic N) is 1. The zero-order valence-electron chi connectivity index (χ0n) is 8.51. The summed E-state index contributed by atoms with van der Waals surface area (Å²) in [6, 6.07) is 10.5. The minimum atomic E-state index is -0.420. The van der Waals surface area contributed by atoms with Gasteiger partial charge in [0.05, 0.1) is 11.0 Å². The molecule has 3 rings (SSSR count). The van der Waals surface area contributed by atoms with E-state index in [1.54, 1.807) is 6.07 Å². The fourth-order valence-corrected chi connectivity index (χ4v) is 2.34. The SMILES string of the molecule is O=[N+]([O-])c1ccc2c(c1)oc1ccc(I)cc12. The zero-order chi connectivity index (χ0) is 12.0. The number of halogens is 1. The maximum atomic E-state index is 10.7. The molecule has 2 aromatic carbocycles. The van der Waals surface area contributed by atoms with Crippen molar-refractivity contribution in [1.29, 1.82) is 0 Å². The summed E-state index contributed by atoms with van der Waals surface area (Å²) in [7, 11) is 0. The Morgan fingerprint density at radius 3 is 2.65 bits per heavy atom. The van der Waals surface area contributed by atoms with Crippen LogP contribution in [0, 0.1) is 13.7 Å². The lowest BCUT2D eigenvalue weighted by atomic mass is 10.1. The minimum Gasteiger partial charge on any atom is -0.456 e. The van der Waals surface area contributed by atoms with Gasteiger partial charge in [0.1, 0.15) is 11.2 Å². The molecule has 0 unspecified atom stereocenters. The van der Waals surface area contributed by atoms with E-state index >= 15 is 0 Å². The van der Waals surface area contributed by atoms with Crippen LogP contribution in [0.1, 0.15) is 0 Å². The van der Waals surface area contributed by atoms with E-state index in [9.17, 15) is 10.1 Å². The van der Waals surface area contributed by atoms with Gasteiger partial charge in [-0.25, -0.2) is 0 Å². The highest BCUT2D eigenvalue weighted by Crippen LogP contribution is 2.31. The Balaban J connectivity index is 2.39. The average Bonchev–Trinajstić information content (AvgIpc) is 2.66. The molecule has 0 aliphatic rings. The van der Waals surface area contributed by atoms with Crippen LogP contribution in [0.4, 0.5) is 5.69 Å². The van der Waals surface area contributed by atoms with Crippen molar-refractivity contribution in [1.82, 2.24) is 0 Å². The van der Waals surface area contributed by atoms with E-state index < -0.39 is 4.92 Å². The Labute approximate surface area is 110 Å². The first-order valence-electron chi connectivity index (χ1n) is 4.91. The predicted octanol–water partition coefficient (Wildman–Crippen LogP) is 4.10. The molecule has 0 fully saturated rings. The van der Waals surface area contributed by atoms with Gasteiger partial charge in [-0.2, -0.15) is 0 Å². The third-order valence-corrected chi connectivity index (χ3v) is 3.30. The quantitative estimate of drug-likeness (QED) is 0.381. The maximum absolute atomic E-state index is 10.7. The molecule has 5 heteroatoms. The summed E-state index contributed by atoms with van der Waals surface area (Å²) in [6.45, 7) is 0. The standard InChI is InChI=1S/C12H6INO3/c13-7-1-4-11-10(5-7)9-3-2-8(14(15)16)6-12(9)17-11/h1-6H. The molecule has 0 bridgehead atoms. The second kappa shape index (κ2) is 3.69. The number of hydrogen-bond donors (Lipinski definition) is 0. The number of nitro benzene ring substituents is 1. The van der Waals surface area contributed by atoms with Crippen molar-refractivity contribution in [3.8, 4) is 0 Å². The van der Waals surface area contributed by atoms with Gasteiger partial charge in [0.15, 0.2) is 0 Å². The van der Waals surface area contributed by atoms with Gasteiger partial charge in [0.2, 0.25) is 0 Å². The van der Waals surface area contributed by atoms with Crippen LogP contribution < -0.4 is 0 Å². The molecule has 0 aliphatic heterocycles. The van der Waals surface area contributed by atoms with Crippen molar-refractivity contribution in [2.24, 2.45) is 0 Å². The molecule has 17 heavy (non-hydrogen) atoms. The van der Waals surface area contributed by atoms with E-state index in [2.05, 4.69) is 22.6 Å². The third kappa shape index (κ3) is 1.66. The normalized spacial score (nSPS) is 11.1. The van der Waals surface area contributed by atoms with Crippen molar-refractivity contribution in [2.45, 2.75) is 0 Å². The highest BCUT2D eigenvalue weighted by Gasteiger charge is 2.12. The monoisotopic (exact) mass is 339 g/mol. The molecule has 0 radical (unpaired) electrons. The van der Waals surface area contributed by atoms with Crippen LogP contribution in [0.2, 0.25) is 0 Å². The summed E-state index contributed by atoms with van der Waals surface area (Å²) < 4.78 is 6.70. The van der Waals surface area contributed by atoms with Gasteiger partial charge >= 0.3 is 0 Å². The number of benzene rings is 2. The van der Waals surface area contributed by atoms with Gasteiger partial charge in [-0.15, -0.1) is 0 Å². The molecule has 0 amide bonds. The molecule has 0 saturated heterocycles. The first-order chi connectivity index (χ1) is 8.15. The van der Waals surface area contributed by atoms with Crippen LogP contribution in [0.5, 0.6) is 0 Å². The zero-order valence-corrected chi connectivity index (χ0v) is 10.7. The Morgan fingerprint density at radius 1 is 1.06 bits per heavy atom. The largest absolute Gasteiger partial charge is 0.456 e. The number of fused-ring (bicyclic) bond motifs is 3. The molecule has 0 N–H and O–H groups in total. The molecule has 84 valence electrons. The van der Waals surface area contributed by atoms with E-state index in [1.165, 1.54) is 12.1 Å². The van der Waals surface area contributed by atoms with E-state index in [0.29, 0.717) is 5.58 Å². The second-order valence-electron chi connectivity index (χ2n) is 3.68. The van der Waals surface area contributed by atoms with Crippen molar-refractivity contribution in [2.75, 3.05) is 0 Å². The van der Waals surface area contributed by atoms with Gasteiger partial charge in [-0.05, 0) is 46.9 Å². The lowest BCUT2D eigenvalue weighted by Gasteiger charge is -1.91. The first-order valence-corrected chi connectivity index (χ1v) is 5.99. The Morgan fingerprint density at radius 2 is 1.88 bits per heavy atom. The van der Waals surface area contributed by atoms with Gasteiger partial charge in [-0.1, -0.05) is 0 Å². The van der Waals surface area contributed by atoms with Crippen LogP contribution in [0.25, 0.3) is 21.9 Å². The van der Waals surface area contributed by atoms with Gasteiger partial charge in [-0.3, -0.25) is 10.1 Å². The summed E-state index contributed by atoms with van der Waals surface area (Å²) >= 11 is 2.23. The van der Waals surface area contributed by atoms with Crippen LogP contribution >= 0.6 is 22.6 Å². The maximum Gasteiger partial charge on any atom is 0.273 e. The Hall–Kier alpha value is -1.63. The highest BCUT2D eigenvalue weighted by atomic mass is 127. The van der Waals surface area contributed by atoms with E-state index in [4.69, 9.17) is 4.42 Å². The number of rotatable bonds is 1. The second-order valence-corrected chi connectivity index (χ2v) is 4.93. The van der Waals surface area contributed by atoms with Gasteiger partial charge in [0.25, 0.3) is 5.69 Å². The fraction of sp³-hybridized carbons (Fsp3) is 0. The molecule has 1 heterocycles. The lowest BCUT2D eigenvalue weighted by Crippen LogP contribution is -1.85. The van der Waals surface area contributed by atoms with Crippen molar-refractivity contribution in [3.05, 3.63) is 50.1 Å². The van der Waals surface area contributed by atoms with Gasteiger partial charge in [0, 0.05) is 20.4 Å². The molecular weight excluding hydrogens is 333 g/mol. The molecule has 0 saturated carbocycles. The van der Waals surface area contributed by atoms with E-state index in [1.807, 2.05) is 18.2 Å². The number of non-ortho nitro benzene ring substituents is 1.